The van der Waals surface area contributed by atoms with E-state index >= 15 is 0 Å². The SMILES string of the molecule is CC(COC1CCCCO1)=C(C(=O)O)N1C(=O)[C@H](NC=O)[C@H]1Cl. The molecule has 0 spiro atoms. The maximum atomic E-state index is 12.0. The number of alkyl halides is 1. The fraction of sp³-hybridized carbons (Fsp3) is 0.643. The van der Waals surface area contributed by atoms with Gasteiger partial charge in [-0.25, -0.2) is 4.79 Å². The third kappa shape index (κ3) is 3.82. The maximum Gasteiger partial charge on any atom is 0.352 e. The van der Waals surface area contributed by atoms with E-state index in [2.05, 4.69) is 5.32 Å². The zero-order chi connectivity index (χ0) is 17.0. The minimum atomic E-state index is -1.28. The second-order valence-corrected chi connectivity index (χ2v) is 5.83. The fourth-order valence-electron chi connectivity index (χ4n) is 2.53. The molecule has 0 aromatic rings. The normalized spacial score (nSPS) is 28.7. The first kappa shape index (κ1) is 17.7. The Hall–Kier alpha value is -1.64. The summed E-state index contributed by atoms with van der Waals surface area (Å²) in [5.41, 5.74) is -0.815. The molecule has 3 atom stereocenters. The molecule has 1 unspecified atom stereocenters. The minimum absolute atomic E-state index is 0.0193. The number of amides is 2. The Labute approximate surface area is 138 Å². The molecule has 128 valence electrons. The van der Waals surface area contributed by atoms with Gasteiger partial charge in [-0.3, -0.25) is 14.5 Å². The average molecular weight is 347 g/mol. The molecular formula is C14H19ClN2O6. The number of rotatable bonds is 7. The number of hydrogen-bond donors (Lipinski definition) is 2. The highest BCUT2D eigenvalue weighted by molar-refractivity contribution is 6.27. The Morgan fingerprint density at radius 3 is 2.83 bits per heavy atom. The van der Waals surface area contributed by atoms with E-state index in [0.717, 1.165) is 24.2 Å². The summed E-state index contributed by atoms with van der Waals surface area (Å²) < 4.78 is 11.0. The summed E-state index contributed by atoms with van der Waals surface area (Å²) in [6, 6.07) is -0.918. The van der Waals surface area contributed by atoms with Crippen molar-refractivity contribution in [2.45, 2.75) is 44.0 Å². The molecule has 2 aliphatic rings. The van der Waals surface area contributed by atoms with Crippen LogP contribution < -0.4 is 5.32 Å². The molecule has 0 radical (unpaired) electrons. The summed E-state index contributed by atoms with van der Waals surface area (Å²) in [5, 5.41) is 11.6. The molecule has 2 N–H and O–H groups in total. The third-order valence-corrected chi connectivity index (χ3v) is 4.19. The number of carboxylic acids is 1. The Balaban J connectivity index is 2.05. The Kier molecular flexibility index (Phi) is 5.97. The number of ether oxygens (including phenoxy) is 2. The van der Waals surface area contributed by atoms with Crippen LogP contribution in [0, 0.1) is 0 Å². The Bertz CT molecular complexity index is 517. The van der Waals surface area contributed by atoms with E-state index in [4.69, 9.17) is 21.1 Å². The summed E-state index contributed by atoms with van der Waals surface area (Å²) in [6.07, 6.45) is 2.72. The van der Waals surface area contributed by atoms with Crippen molar-refractivity contribution < 1.29 is 29.0 Å². The van der Waals surface area contributed by atoms with Crippen molar-refractivity contribution in [3.63, 3.8) is 0 Å². The van der Waals surface area contributed by atoms with Crippen molar-refractivity contribution in [2.24, 2.45) is 0 Å². The van der Waals surface area contributed by atoms with E-state index in [1.807, 2.05) is 0 Å². The molecule has 2 fully saturated rings. The lowest BCUT2D eigenvalue weighted by atomic mass is 10.0. The summed E-state index contributed by atoms with van der Waals surface area (Å²) in [7, 11) is 0. The Morgan fingerprint density at radius 1 is 1.57 bits per heavy atom. The predicted molar refractivity (Wildman–Crippen MR) is 79.4 cm³/mol. The van der Waals surface area contributed by atoms with Gasteiger partial charge in [-0.1, -0.05) is 11.6 Å². The lowest BCUT2D eigenvalue weighted by Crippen LogP contribution is -2.67. The van der Waals surface area contributed by atoms with Crippen LogP contribution in [0.5, 0.6) is 0 Å². The molecule has 0 bridgehead atoms. The fourth-order valence-corrected chi connectivity index (χ4v) is 2.91. The summed E-state index contributed by atoms with van der Waals surface area (Å²) >= 11 is 6.01. The highest BCUT2D eigenvalue weighted by atomic mass is 35.5. The molecule has 0 aromatic carbocycles. The smallest absolute Gasteiger partial charge is 0.352 e. The van der Waals surface area contributed by atoms with Gasteiger partial charge in [-0.05, 0) is 31.8 Å². The number of nitrogens with zero attached hydrogens (tertiary/aromatic N) is 1. The van der Waals surface area contributed by atoms with Gasteiger partial charge in [-0.15, -0.1) is 0 Å². The van der Waals surface area contributed by atoms with Gasteiger partial charge < -0.3 is 19.9 Å². The zero-order valence-corrected chi connectivity index (χ0v) is 13.4. The molecular weight excluding hydrogens is 328 g/mol. The standard InChI is InChI=1S/C14H19ClN2O6/c1-8(6-23-9-4-2-3-5-22-9)11(14(20)21)17-12(15)10(13(17)19)16-7-18/h7,9-10,12H,2-6H2,1H3,(H,16,18)(H,20,21)/t9?,10-,12+/m1/s1. The van der Waals surface area contributed by atoms with Crippen molar-refractivity contribution in [3.8, 4) is 0 Å². The van der Waals surface area contributed by atoms with Crippen LogP contribution >= 0.6 is 11.6 Å². The number of β-lactam (4-membered cyclic amide) rings is 1. The molecule has 0 aromatic heterocycles. The van der Waals surface area contributed by atoms with Gasteiger partial charge in [0.2, 0.25) is 6.41 Å². The van der Waals surface area contributed by atoms with E-state index in [1.165, 1.54) is 0 Å². The number of carbonyl (C=O) groups excluding carboxylic acids is 2. The van der Waals surface area contributed by atoms with Crippen LogP contribution in [-0.4, -0.2) is 59.3 Å². The van der Waals surface area contributed by atoms with Gasteiger partial charge in [0.1, 0.15) is 17.2 Å². The van der Waals surface area contributed by atoms with E-state index in [-0.39, 0.29) is 18.6 Å². The van der Waals surface area contributed by atoms with Crippen LogP contribution in [0.3, 0.4) is 0 Å². The summed E-state index contributed by atoms with van der Waals surface area (Å²) in [6.45, 7) is 2.20. The maximum absolute atomic E-state index is 12.0. The molecule has 8 nitrogen and oxygen atoms in total. The molecule has 23 heavy (non-hydrogen) atoms. The lowest BCUT2D eigenvalue weighted by molar-refractivity contribution is -0.158. The van der Waals surface area contributed by atoms with Crippen LogP contribution in [0.1, 0.15) is 26.2 Å². The number of aliphatic carboxylic acids is 1. The lowest BCUT2D eigenvalue weighted by Gasteiger charge is -2.43. The van der Waals surface area contributed by atoms with Gasteiger partial charge in [0.05, 0.1) is 6.61 Å². The molecule has 2 heterocycles. The van der Waals surface area contributed by atoms with Gasteiger partial charge in [-0.2, -0.15) is 0 Å². The van der Waals surface area contributed by atoms with Crippen LogP contribution in [-0.2, 0) is 23.9 Å². The van der Waals surface area contributed by atoms with E-state index in [1.54, 1.807) is 6.92 Å². The third-order valence-electron chi connectivity index (χ3n) is 3.74. The van der Waals surface area contributed by atoms with Crippen molar-refractivity contribution >= 4 is 29.9 Å². The number of halogens is 1. The molecule has 2 aliphatic heterocycles. The molecule has 9 heteroatoms. The number of carbonyl (C=O) groups is 3. The van der Waals surface area contributed by atoms with Crippen molar-refractivity contribution in [1.82, 2.24) is 10.2 Å². The van der Waals surface area contributed by atoms with Crippen molar-refractivity contribution in [2.75, 3.05) is 13.2 Å². The average Bonchev–Trinajstić information content (AvgIpc) is 2.55. The predicted octanol–water partition coefficient (Wildman–Crippen LogP) is 0.410. The quantitative estimate of drug-likeness (QED) is 0.227. The second kappa shape index (κ2) is 7.76. The number of carboxylic acid groups (broad SMARTS) is 1. The van der Waals surface area contributed by atoms with Crippen LogP contribution in [0.25, 0.3) is 0 Å². The van der Waals surface area contributed by atoms with Crippen molar-refractivity contribution in [1.29, 1.82) is 0 Å². The first-order chi connectivity index (χ1) is 11.0. The topological polar surface area (TPSA) is 105 Å². The van der Waals surface area contributed by atoms with Crippen LogP contribution in [0.15, 0.2) is 11.3 Å². The molecule has 0 aliphatic carbocycles. The first-order valence-corrected chi connectivity index (χ1v) is 7.74. The van der Waals surface area contributed by atoms with Gasteiger partial charge in [0.25, 0.3) is 5.91 Å². The number of likely N-dealkylation sites (tertiary alicyclic amines) is 1. The molecule has 2 rings (SSSR count). The molecule has 0 saturated carbocycles. The number of hydrogen-bond acceptors (Lipinski definition) is 5. The summed E-state index contributed by atoms with van der Waals surface area (Å²) in [5.74, 6) is -1.85. The first-order valence-electron chi connectivity index (χ1n) is 7.30. The summed E-state index contributed by atoms with van der Waals surface area (Å²) in [4.78, 5) is 34.8. The van der Waals surface area contributed by atoms with Gasteiger partial charge in [0, 0.05) is 6.61 Å². The van der Waals surface area contributed by atoms with Crippen LogP contribution in [0.2, 0.25) is 0 Å². The number of nitrogens with one attached hydrogen (secondary N) is 1. The molecule has 2 saturated heterocycles. The highest BCUT2D eigenvalue weighted by Crippen LogP contribution is 2.30. The second-order valence-electron chi connectivity index (χ2n) is 5.38. The molecule has 2 amide bonds. The largest absolute Gasteiger partial charge is 0.477 e. The highest BCUT2D eigenvalue weighted by Gasteiger charge is 2.50. The zero-order valence-electron chi connectivity index (χ0n) is 12.7. The van der Waals surface area contributed by atoms with Gasteiger partial charge >= 0.3 is 5.97 Å². The van der Waals surface area contributed by atoms with E-state index in [0.29, 0.717) is 18.6 Å². The minimum Gasteiger partial charge on any atom is -0.477 e. The monoisotopic (exact) mass is 346 g/mol. The van der Waals surface area contributed by atoms with Gasteiger partial charge in [0.15, 0.2) is 6.29 Å². The van der Waals surface area contributed by atoms with Crippen molar-refractivity contribution in [3.05, 3.63) is 11.3 Å². The Morgan fingerprint density at radius 2 is 2.30 bits per heavy atom. The van der Waals surface area contributed by atoms with Crippen LogP contribution in [0.4, 0.5) is 0 Å². The van der Waals surface area contributed by atoms with E-state index in [9.17, 15) is 19.5 Å². The van der Waals surface area contributed by atoms with E-state index < -0.39 is 23.4 Å².